The van der Waals surface area contributed by atoms with Crippen molar-refractivity contribution in [2.75, 3.05) is 0 Å². The molecule has 0 spiro atoms. The van der Waals surface area contributed by atoms with Gasteiger partial charge in [0.1, 0.15) is 6.04 Å². The summed E-state index contributed by atoms with van der Waals surface area (Å²) in [6.07, 6.45) is -0.712. The summed E-state index contributed by atoms with van der Waals surface area (Å²) in [6, 6.07) is -1.63. The van der Waals surface area contributed by atoms with Crippen molar-refractivity contribution in [2.24, 2.45) is 5.73 Å². The molecule has 0 saturated heterocycles. The van der Waals surface area contributed by atoms with Crippen molar-refractivity contribution < 1.29 is 13.2 Å². The SMILES string of the molecule is CCCCCC[C@H](N)C(F)(F)F. The molecule has 0 aliphatic heterocycles. The molecule has 0 aliphatic carbocycles. The van der Waals surface area contributed by atoms with Crippen LogP contribution in [0.25, 0.3) is 0 Å². The lowest BCUT2D eigenvalue weighted by Gasteiger charge is -2.14. The van der Waals surface area contributed by atoms with Crippen LogP contribution in [0.3, 0.4) is 0 Å². The van der Waals surface area contributed by atoms with Gasteiger partial charge in [0, 0.05) is 0 Å². The highest BCUT2D eigenvalue weighted by Crippen LogP contribution is 2.22. The minimum absolute atomic E-state index is 0.0590. The Balaban J connectivity index is 3.38. The first kappa shape index (κ1) is 11.8. The van der Waals surface area contributed by atoms with Crippen LogP contribution in [0.4, 0.5) is 13.2 Å². The maximum atomic E-state index is 11.8. The molecule has 2 N–H and O–H groups in total. The third-order valence-corrected chi connectivity index (χ3v) is 1.79. The second-order valence-corrected chi connectivity index (χ2v) is 3.00. The topological polar surface area (TPSA) is 26.0 Å². The molecule has 0 radical (unpaired) electrons. The fourth-order valence-corrected chi connectivity index (χ4v) is 0.955. The molecule has 0 unspecified atom stereocenters. The van der Waals surface area contributed by atoms with Gasteiger partial charge in [-0.1, -0.05) is 32.6 Å². The Hall–Kier alpha value is -0.250. The zero-order chi connectivity index (χ0) is 9.61. The van der Waals surface area contributed by atoms with Crippen molar-refractivity contribution >= 4 is 0 Å². The number of unbranched alkanes of at least 4 members (excludes halogenated alkanes) is 3. The first-order valence-corrected chi connectivity index (χ1v) is 4.30. The molecule has 0 aromatic rings. The van der Waals surface area contributed by atoms with Gasteiger partial charge in [-0.05, 0) is 6.42 Å². The highest BCUT2D eigenvalue weighted by molar-refractivity contribution is 4.69. The summed E-state index contributed by atoms with van der Waals surface area (Å²) in [5.41, 5.74) is 4.91. The fourth-order valence-electron chi connectivity index (χ4n) is 0.955. The highest BCUT2D eigenvalue weighted by atomic mass is 19.4. The predicted octanol–water partition coefficient (Wildman–Crippen LogP) is 2.85. The molecule has 0 rings (SSSR count). The Morgan fingerprint density at radius 2 is 1.75 bits per heavy atom. The van der Waals surface area contributed by atoms with Crippen molar-refractivity contribution in [3.63, 3.8) is 0 Å². The first-order valence-electron chi connectivity index (χ1n) is 4.30. The molecule has 1 nitrogen and oxygen atoms in total. The van der Waals surface area contributed by atoms with Crippen LogP contribution in [0.5, 0.6) is 0 Å². The van der Waals surface area contributed by atoms with E-state index in [9.17, 15) is 13.2 Å². The summed E-state index contributed by atoms with van der Waals surface area (Å²) in [6.45, 7) is 2.02. The minimum Gasteiger partial charge on any atom is -0.320 e. The Morgan fingerprint density at radius 1 is 1.17 bits per heavy atom. The molecular weight excluding hydrogens is 167 g/mol. The number of halogens is 3. The van der Waals surface area contributed by atoms with Crippen LogP contribution in [0, 0.1) is 0 Å². The van der Waals surface area contributed by atoms with E-state index < -0.39 is 12.2 Å². The summed E-state index contributed by atoms with van der Waals surface area (Å²) >= 11 is 0. The lowest BCUT2D eigenvalue weighted by Crippen LogP contribution is -2.37. The maximum absolute atomic E-state index is 11.8. The Morgan fingerprint density at radius 3 is 2.17 bits per heavy atom. The number of nitrogens with two attached hydrogens (primary N) is 1. The molecule has 1 atom stereocenters. The van der Waals surface area contributed by atoms with E-state index in [1.807, 2.05) is 6.92 Å². The van der Waals surface area contributed by atoms with E-state index in [0.29, 0.717) is 6.42 Å². The van der Waals surface area contributed by atoms with Crippen LogP contribution in [0.2, 0.25) is 0 Å². The van der Waals surface area contributed by atoms with Gasteiger partial charge in [0.05, 0.1) is 0 Å². The van der Waals surface area contributed by atoms with E-state index in [-0.39, 0.29) is 6.42 Å². The van der Waals surface area contributed by atoms with E-state index in [0.717, 1.165) is 19.3 Å². The van der Waals surface area contributed by atoms with Crippen LogP contribution in [-0.4, -0.2) is 12.2 Å². The van der Waals surface area contributed by atoms with Crippen molar-refractivity contribution in [3.05, 3.63) is 0 Å². The lowest BCUT2D eigenvalue weighted by atomic mass is 10.1. The number of hydrogen-bond acceptors (Lipinski definition) is 1. The predicted molar refractivity (Wildman–Crippen MR) is 42.8 cm³/mol. The second-order valence-electron chi connectivity index (χ2n) is 3.00. The molecule has 0 amide bonds. The van der Waals surface area contributed by atoms with Crippen LogP contribution < -0.4 is 5.73 Å². The first-order chi connectivity index (χ1) is 5.48. The van der Waals surface area contributed by atoms with Crippen LogP contribution in [0.15, 0.2) is 0 Å². The second kappa shape index (κ2) is 5.41. The van der Waals surface area contributed by atoms with Gasteiger partial charge in [0.2, 0.25) is 0 Å². The minimum atomic E-state index is -4.22. The van der Waals surface area contributed by atoms with Crippen LogP contribution in [0.1, 0.15) is 39.0 Å². The smallest absolute Gasteiger partial charge is 0.320 e. The molecule has 0 aromatic carbocycles. The monoisotopic (exact) mass is 183 g/mol. The number of rotatable bonds is 5. The maximum Gasteiger partial charge on any atom is 0.403 e. The van der Waals surface area contributed by atoms with Crippen LogP contribution in [-0.2, 0) is 0 Å². The zero-order valence-corrected chi connectivity index (χ0v) is 7.32. The third-order valence-electron chi connectivity index (χ3n) is 1.79. The summed E-state index contributed by atoms with van der Waals surface area (Å²) in [7, 11) is 0. The van der Waals surface area contributed by atoms with Gasteiger partial charge in [0.15, 0.2) is 0 Å². The van der Waals surface area contributed by atoms with Gasteiger partial charge in [0.25, 0.3) is 0 Å². The van der Waals surface area contributed by atoms with Crippen molar-refractivity contribution in [2.45, 2.75) is 51.2 Å². The molecule has 0 aliphatic rings. The third kappa shape index (κ3) is 5.41. The Kier molecular flexibility index (Phi) is 5.29. The molecule has 0 heterocycles. The average Bonchev–Trinajstić information content (AvgIpc) is 1.96. The largest absolute Gasteiger partial charge is 0.403 e. The van der Waals surface area contributed by atoms with Crippen LogP contribution >= 0.6 is 0 Å². The van der Waals surface area contributed by atoms with Crippen molar-refractivity contribution in [3.8, 4) is 0 Å². The van der Waals surface area contributed by atoms with E-state index in [1.165, 1.54) is 0 Å². The van der Waals surface area contributed by atoms with Gasteiger partial charge in [-0.25, -0.2) is 0 Å². The normalized spacial score (nSPS) is 14.8. The van der Waals surface area contributed by atoms with E-state index in [4.69, 9.17) is 5.73 Å². The van der Waals surface area contributed by atoms with E-state index in [2.05, 4.69) is 0 Å². The Labute approximate surface area is 71.1 Å². The molecule has 0 fully saturated rings. The van der Waals surface area contributed by atoms with E-state index in [1.54, 1.807) is 0 Å². The summed E-state index contributed by atoms with van der Waals surface area (Å²) in [5.74, 6) is 0. The van der Waals surface area contributed by atoms with Crippen molar-refractivity contribution in [1.29, 1.82) is 0 Å². The molecule has 12 heavy (non-hydrogen) atoms. The van der Waals surface area contributed by atoms with Gasteiger partial charge >= 0.3 is 6.18 Å². The highest BCUT2D eigenvalue weighted by Gasteiger charge is 2.35. The van der Waals surface area contributed by atoms with Crippen molar-refractivity contribution in [1.82, 2.24) is 0 Å². The standard InChI is InChI=1S/C8H16F3N/c1-2-3-4-5-6-7(12)8(9,10)11/h7H,2-6,12H2,1H3/t7-/m0/s1. The van der Waals surface area contributed by atoms with Gasteiger partial charge in [-0.15, -0.1) is 0 Å². The van der Waals surface area contributed by atoms with E-state index >= 15 is 0 Å². The quantitative estimate of drug-likeness (QED) is 0.651. The van der Waals surface area contributed by atoms with Gasteiger partial charge < -0.3 is 5.73 Å². The molecule has 0 bridgehead atoms. The molecule has 74 valence electrons. The summed E-state index contributed by atoms with van der Waals surface area (Å²) in [4.78, 5) is 0. The van der Waals surface area contributed by atoms with Gasteiger partial charge in [-0.3, -0.25) is 0 Å². The summed E-state index contributed by atoms with van der Waals surface area (Å²) < 4.78 is 35.5. The zero-order valence-electron chi connectivity index (χ0n) is 7.32. The average molecular weight is 183 g/mol. The molecule has 4 heteroatoms. The lowest BCUT2D eigenvalue weighted by molar-refractivity contribution is -0.149. The van der Waals surface area contributed by atoms with Gasteiger partial charge in [-0.2, -0.15) is 13.2 Å². The fraction of sp³-hybridized carbons (Fsp3) is 1.00. The molecule has 0 aromatic heterocycles. The molecular formula is C8H16F3N. The molecule has 0 saturated carbocycles. The number of hydrogen-bond donors (Lipinski definition) is 1. The Bertz CT molecular complexity index is 111. The number of alkyl halides is 3. The summed E-state index contributed by atoms with van der Waals surface area (Å²) in [5, 5.41) is 0.